The molecule has 1 unspecified atom stereocenters. The van der Waals surface area contributed by atoms with E-state index in [1.807, 2.05) is 19.2 Å². The third-order valence-corrected chi connectivity index (χ3v) is 3.94. The molecule has 0 spiro atoms. The number of benzene rings is 2. The fraction of sp³-hybridized carbons (Fsp3) is 0.316. The number of para-hydroxylation sites is 1. The molecule has 0 aliphatic heterocycles. The SMILES string of the molecule is COc1cccc(C[NH+](C)CC(=O)Nc2ccc(C(F)(F)F)cc2)c1OC. The number of carbonyl (C=O) groups excluding carboxylic acids is 1. The zero-order valence-corrected chi connectivity index (χ0v) is 15.3. The van der Waals surface area contributed by atoms with Crippen molar-refractivity contribution >= 4 is 11.6 Å². The zero-order valence-electron chi connectivity index (χ0n) is 15.3. The molecule has 0 radical (unpaired) electrons. The highest BCUT2D eigenvalue weighted by atomic mass is 19.4. The molecule has 0 aromatic heterocycles. The fourth-order valence-corrected chi connectivity index (χ4v) is 2.70. The highest BCUT2D eigenvalue weighted by molar-refractivity contribution is 5.91. The van der Waals surface area contributed by atoms with Crippen LogP contribution in [0.15, 0.2) is 42.5 Å². The minimum absolute atomic E-state index is 0.140. The molecule has 2 aromatic rings. The van der Waals surface area contributed by atoms with Crippen LogP contribution in [-0.2, 0) is 17.5 Å². The Morgan fingerprint density at radius 3 is 2.30 bits per heavy atom. The quantitative estimate of drug-likeness (QED) is 0.772. The summed E-state index contributed by atoms with van der Waals surface area (Å²) in [7, 11) is 4.94. The molecule has 0 fully saturated rings. The summed E-state index contributed by atoms with van der Waals surface area (Å²) in [6, 6.07) is 9.86. The van der Waals surface area contributed by atoms with E-state index >= 15 is 0 Å². The smallest absolute Gasteiger partial charge is 0.416 e. The number of nitrogens with one attached hydrogen (secondary N) is 2. The van der Waals surface area contributed by atoms with Crippen molar-refractivity contribution in [3.63, 3.8) is 0 Å². The Morgan fingerprint density at radius 1 is 1.07 bits per heavy atom. The summed E-state index contributed by atoms with van der Waals surface area (Å²) < 4.78 is 48.3. The molecule has 1 atom stereocenters. The summed E-state index contributed by atoms with van der Waals surface area (Å²) in [5.74, 6) is 0.925. The molecule has 0 aliphatic rings. The highest BCUT2D eigenvalue weighted by Gasteiger charge is 2.30. The van der Waals surface area contributed by atoms with Crippen molar-refractivity contribution in [2.24, 2.45) is 0 Å². The van der Waals surface area contributed by atoms with E-state index < -0.39 is 11.7 Å². The molecule has 0 saturated heterocycles. The predicted octanol–water partition coefficient (Wildman–Crippen LogP) is 2.38. The van der Waals surface area contributed by atoms with Crippen LogP contribution in [-0.4, -0.2) is 33.7 Å². The summed E-state index contributed by atoms with van der Waals surface area (Å²) in [5.41, 5.74) is 0.449. The minimum atomic E-state index is -4.40. The molecule has 0 bridgehead atoms. The van der Waals surface area contributed by atoms with E-state index in [9.17, 15) is 18.0 Å². The lowest BCUT2D eigenvalue weighted by Gasteiger charge is -2.17. The summed E-state index contributed by atoms with van der Waals surface area (Å²) in [6.07, 6.45) is -4.40. The maximum atomic E-state index is 12.6. The Bertz CT molecular complexity index is 777. The number of amides is 1. The first-order valence-electron chi connectivity index (χ1n) is 8.23. The number of ether oxygens (including phenoxy) is 2. The van der Waals surface area contributed by atoms with E-state index in [1.165, 1.54) is 12.1 Å². The second-order valence-corrected chi connectivity index (χ2v) is 6.09. The van der Waals surface area contributed by atoms with E-state index in [-0.39, 0.29) is 12.5 Å². The van der Waals surface area contributed by atoms with E-state index in [0.717, 1.165) is 22.6 Å². The third kappa shape index (κ3) is 5.62. The van der Waals surface area contributed by atoms with Gasteiger partial charge in [-0.2, -0.15) is 13.2 Å². The van der Waals surface area contributed by atoms with Gasteiger partial charge in [-0.05, 0) is 36.4 Å². The first-order chi connectivity index (χ1) is 12.7. The molecule has 0 heterocycles. The van der Waals surface area contributed by atoms with Crippen LogP contribution in [0.2, 0.25) is 0 Å². The van der Waals surface area contributed by atoms with Crippen LogP contribution < -0.4 is 19.7 Å². The van der Waals surface area contributed by atoms with Gasteiger partial charge in [-0.3, -0.25) is 4.79 Å². The van der Waals surface area contributed by atoms with E-state index in [1.54, 1.807) is 20.3 Å². The van der Waals surface area contributed by atoms with Crippen LogP contribution in [0.4, 0.5) is 18.9 Å². The second-order valence-electron chi connectivity index (χ2n) is 6.09. The lowest BCUT2D eigenvalue weighted by Crippen LogP contribution is -3.08. The van der Waals surface area contributed by atoms with Crippen LogP contribution >= 0.6 is 0 Å². The molecule has 0 aliphatic carbocycles. The van der Waals surface area contributed by atoms with Crippen LogP contribution in [0, 0.1) is 0 Å². The molecule has 5 nitrogen and oxygen atoms in total. The van der Waals surface area contributed by atoms with Crippen molar-refractivity contribution in [1.29, 1.82) is 0 Å². The van der Waals surface area contributed by atoms with E-state index in [4.69, 9.17) is 9.47 Å². The average Bonchev–Trinajstić information content (AvgIpc) is 2.60. The van der Waals surface area contributed by atoms with Crippen molar-refractivity contribution in [2.75, 3.05) is 33.1 Å². The molecule has 2 rings (SSSR count). The Morgan fingerprint density at radius 2 is 1.74 bits per heavy atom. The molecule has 2 aromatic carbocycles. The molecule has 2 N–H and O–H groups in total. The van der Waals surface area contributed by atoms with Gasteiger partial charge in [-0.25, -0.2) is 0 Å². The average molecular weight is 383 g/mol. The molecule has 146 valence electrons. The predicted molar refractivity (Wildman–Crippen MR) is 95.1 cm³/mol. The number of rotatable bonds is 7. The van der Waals surface area contributed by atoms with Gasteiger partial charge in [0.2, 0.25) is 0 Å². The van der Waals surface area contributed by atoms with Crippen LogP contribution in [0.1, 0.15) is 11.1 Å². The van der Waals surface area contributed by atoms with Crippen molar-refractivity contribution in [3.8, 4) is 11.5 Å². The van der Waals surface area contributed by atoms with Gasteiger partial charge in [0.15, 0.2) is 18.0 Å². The lowest BCUT2D eigenvalue weighted by atomic mass is 10.1. The van der Waals surface area contributed by atoms with Gasteiger partial charge in [0.1, 0.15) is 6.54 Å². The first-order valence-corrected chi connectivity index (χ1v) is 8.23. The summed E-state index contributed by atoms with van der Waals surface area (Å²) >= 11 is 0. The highest BCUT2D eigenvalue weighted by Crippen LogP contribution is 2.30. The van der Waals surface area contributed by atoms with E-state index in [2.05, 4.69) is 5.32 Å². The number of methoxy groups -OCH3 is 2. The number of carbonyl (C=O) groups is 1. The second kappa shape index (κ2) is 8.77. The first kappa shape index (κ1) is 20.6. The number of quaternary nitrogens is 1. The normalized spacial score (nSPS) is 12.4. The van der Waals surface area contributed by atoms with Crippen LogP contribution in [0.3, 0.4) is 0 Å². The largest absolute Gasteiger partial charge is 0.493 e. The third-order valence-electron chi connectivity index (χ3n) is 3.94. The number of anilines is 1. The molecule has 1 amide bonds. The van der Waals surface area contributed by atoms with Crippen molar-refractivity contribution in [2.45, 2.75) is 12.7 Å². The van der Waals surface area contributed by atoms with Gasteiger partial charge in [0.25, 0.3) is 5.91 Å². The molecular formula is C19H22F3N2O3+. The number of hydrogen-bond acceptors (Lipinski definition) is 3. The summed E-state index contributed by atoms with van der Waals surface area (Å²) in [4.78, 5) is 13.0. The number of hydrogen-bond donors (Lipinski definition) is 2. The Hall–Kier alpha value is -2.74. The van der Waals surface area contributed by atoms with Gasteiger partial charge in [-0.1, -0.05) is 6.07 Å². The van der Waals surface area contributed by atoms with E-state index in [0.29, 0.717) is 23.7 Å². The Labute approximate surface area is 155 Å². The van der Waals surface area contributed by atoms with Crippen molar-refractivity contribution in [3.05, 3.63) is 53.6 Å². The van der Waals surface area contributed by atoms with Crippen LogP contribution in [0.5, 0.6) is 11.5 Å². The maximum Gasteiger partial charge on any atom is 0.416 e. The monoisotopic (exact) mass is 383 g/mol. The molecule has 0 saturated carbocycles. The maximum absolute atomic E-state index is 12.6. The Kier molecular flexibility index (Phi) is 6.68. The topological polar surface area (TPSA) is 52.0 Å². The molecule has 27 heavy (non-hydrogen) atoms. The zero-order chi connectivity index (χ0) is 20.0. The van der Waals surface area contributed by atoms with Crippen molar-refractivity contribution < 1.29 is 32.3 Å². The number of likely N-dealkylation sites (N-methyl/N-ethyl adjacent to an activating group) is 1. The summed E-state index contributed by atoms with van der Waals surface area (Å²) in [6.45, 7) is 0.655. The lowest BCUT2D eigenvalue weighted by molar-refractivity contribution is -0.885. The fourth-order valence-electron chi connectivity index (χ4n) is 2.70. The van der Waals surface area contributed by atoms with Crippen LogP contribution in [0.25, 0.3) is 0 Å². The molecule has 8 heteroatoms. The van der Waals surface area contributed by atoms with Gasteiger partial charge < -0.3 is 19.7 Å². The minimum Gasteiger partial charge on any atom is -0.493 e. The standard InChI is InChI=1S/C19H21F3N2O3/c1-24(11-13-5-4-6-16(26-2)18(13)27-3)12-17(25)23-15-9-7-14(8-10-15)19(20,21)22/h4-10H,11-12H2,1-3H3,(H,23,25)/p+1. The molecular weight excluding hydrogens is 361 g/mol. The van der Waals surface area contributed by atoms with Gasteiger partial charge >= 0.3 is 6.18 Å². The van der Waals surface area contributed by atoms with Gasteiger partial charge in [-0.15, -0.1) is 0 Å². The van der Waals surface area contributed by atoms with Gasteiger partial charge in [0.05, 0.1) is 32.4 Å². The van der Waals surface area contributed by atoms with Gasteiger partial charge in [0, 0.05) is 5.69 Å². The Balaban J connectivity index is 1.96. The number of halogens is 3. The number of alkyl halides is 3. The summed E-state index contributed by atoms with van der Waals surface area (Å²) in [5, 5.41) is 2.61. The van der Waals surface area contributed by atoms with Crippen molar-refractivity contribution in [1.82, 2.24) is 0 Å².